The number of imidazole rings is 1. The molecule has 1 aromatic carbocycles. The molecule has 2 nitrogen and oxygen atoms in total. The molecule has 0 amide bonds. The minimum absolute atomic E-state index is 0.0868. The lowest BCUT2D eigenvalue weighted by atomic mass is 9.91. The van der Waals surface area contributed by atoms with Crippen LogP contribution in [0, 0.1) is 13.8 Å². The van der Waals surface area contributed by atoms with Crippen LogP contribution in [0.25, 0.3) is 11.4 Å². The predicted octanol–water partition coefficient (Wildman–Crippen LogP) is 3.99. The fraction of sp³-hybridized carbons (Fsp3) is 0.400. The Labute approximate surface area is 103 Å². The lowest BCUT2D eigenvalue weighted by Crippen LogP contribution is -2.13. The Morgan fingerprint density at radius 3 is 2.06 bits per heavy atom. The Kier molecular flexibility index (Phi) is 2.82. The molecule has 0 bridgehead atoms. The molecular weight excluding hydrogens is 208 g/mol. The van der Waals surface area contributed by atoms with Crippen molar-refractivity contribution in [2.24, 2.45) is 0 Å². The predicted molar refractivity (Wildman–Crippen MR) is 72.2 cm³/mol. The summed E-state index contributed by atoms with van der Waals surface area (Å²) in [5.74, 6) is 0.965. The number of aromatic nitrogens is 2. The van der Waals surface area contributed by atoms with E-state index in [1.54, 1.807) is 0 Å². The van der Waals surface area contributed by atoms with Gasteiger partial charge in [-0.1, -0.05) is 50.6 Å². The molecule has 0 saturated carbocycles. The Hall–Kier alpha value is -1.57. The summed E-state index contributed by atoms with van der Waals surface area (Å²) in [7, 11) is 0. The van der Waals surface area contributed by atoms with Crippen molar-refractivity contribution in [3.8, 4) is 11.4 Å². The van der Waals surface area contributed by atoms with E-state index in [0.29, 0.717) is 0 Å². The summed E-state index contributed by atoms with van der Waals surface area (Å²) in [4.78, 5) is 8.10. The lowest BCUT2D eigenvalue weighted by Gasteiger charge is -2.15. The number of rotatable bonds is 1. The summed E-state index contributed by atoms with van der Waals surface area (Å²) >= 11 is 0. The second kappa shape index (κ2) is 4.02. The quantitative estimate of drug-likeness (QED) is 0.785. The molecule has 0 unspecified atom stereocenters. The van der Waals surface area contributed by atoms with Crippen molar-refractivity contribution >= 4 is 0 Å². The van der Waals surface area contributed by atoms with Crippen molar-refractivity contribution in [1.82, 2.24) is 9.97 Å². The largest absolute Gasteiger partial charge is 0.342 e. The monoisotopic (exact) mass is 228 g/mol. The summed E-state index contributed by atoms with van der Waals surface area (Å²) in [6.45, 7) is 10.8. The van der Waals surface area contributed by atoms with Gasteiger partial charge in [-0.2, -0.15) is 0 Å². The first kappa shape index (κ1) is 11.9. The molecule has 2 aromatic rings. The summed E-state index contributed by atoms with van der Waals surface area (Å²) in [5, 5.41) is 0. The molecule has 2 heteroatoms. The fourth-order valence-corrected chi connectivity index (χ4v) is 2.04. The third kappa shape index (κ3) is 2.41. The highest BCUT2D eigenvalue weighted by Crippen LogP contribution is 2.26. The van der Waals surface area contributed by atoms with Crippen molar-refractivity contribution in [1.29, 1.82) is 0 Å². The number of nitrogens with one attached hydrogen (secondary N) is 1. The number of aromatic amines is 1. The average Bonchev–Trinajstić information content (AvgIpc) is 2.61. The smallest absolute Gasteiger partial charge is 0.137 e. The van der Waals surface area contributed by atoms with Crippen molar-refractivity contribution in [2.75, 3.05) is 0 Å². The normalized spacial score (nSPS) is 11.8. The van der Waals surface area contributed by atoms with E-state index in [4.69, 9.17) is 4.98 Å². The van der Waals surface area contributed by atoms with Crippen LogP contribution >= 0.6 is 0 Å². The van der Waals surface area contributed by atoms with Crippen LogP contribution in [-0.2, 0) is 5.41 Å². The number of hydrogen-bond donors (Lipinski definition) is 1. The third-order valence-electron chi connectivity index (χ3n) is 2.92. The van der Waals surface area contributed by atoms with E-state index in [9.17, 15) is 0 Å². The second-order valence-electron chi connectivity index (χ2n) is 5.68. The maximum absolute atomic E-state index is 4.73. The topological polar surface area (TPSA) is 28.7 Å². The van der Waals surface area contributed by atoms with Crippen molar-refractivity contribution in [2.45, 2.75) is 40.0 Å². The molecule has 0 aliphatic heterocycles. The molecule has 1 N–H and O–H groups in total. The van der Waals surface area contributed by atoms with Gasteiger partial charge in [-0.05, 0) is 13.8 Å². The molecule has 0 spiro atoms. The zero-order chi connectivity index (χ0) is 12.6. The van der Waals surface area contributed by atoms with Gasteiger partial charge in [0, 0.05) is 16.7 Å². The molecule has 1 heterocycles. The molecule has 0 radical (unpaired) electrons. The minimum atomic E-state index is 0.0868. The molecular formula is C15H20N2. The van der Waals surface area contributed by atoms with Gasteiger partial charge in [0.25, 0.3) is 0 Å². The van der Waals surface area contributed by atoms with Crippen LogP contribution in [0.15, 0.2) is 24.3 Å². The van der Waals surface area contributed by atoms with E-state index in [-0.39, 0.29) is 5.41 Å². The van der Waals surface area contributed by atoms with Gasteiger partial charge < -0.3 is 4.98 Å². The van der Waals surface area contributed by atoms with Gasteiger partial charge in [0.2, 0.25) is 0 Å². The minimum Gasteiger partial charge on any atom is -0.342 e. The SMILES string of the molecule is Cc1ccc(-c2nc(C(C)(C)C)c(C)[nH]2)cc1. The Balaban J connectivity index is 2.45. The average molecular weight is 228 g/mol. The highest BCUT2D eigenvalue weighted by atomic mass is 14.9. The van der Waals surface area contributed by atoms with E-state index in [1.165, 1.54) is 5.56 Å². The van der Waals surface area contributed by atoms with Crippen LogP contribution < -0.4 is 0 Å². The molecule has 90 valence electrons. The second-order valence-corrected chi connectivity index (χ2v) is 5.68. The number of nitrogens with zero attached hydrogens (tertiary/aromatic N) is 1. The standard InChI is InChI=1S/C15H20N2/c1-10-6-8-12(9-7-10)14-16-11(2)13(17-14)15(3,4)5/h6-9H,1-5H3,(H,16,17). The summed E-state index contributed by atoms with van der Waals surface area (Å²) in [6, 6.07) is 8.45. The van der Waals surface area contributed by atoms with Gasteiger partial charge in [-0.3, -0.25) is 0 Å². The van der Waals surface area contributed by atoms with Crippen LogP contribution in [0.4, 0.5) is 0 Å². The molecule has 0 aliphatic carbocycles. The molecule has 17 heavy (non-hydrogen) atoms. The van der Waals surface area contributed by atoms with Gasteiger partial charge in [0.05, 0.1) is 5.69 Å². The van der Waals surface area contributed by atoms with Gasteiger partial charge in [0.1, 0.15) is 5.82 Å². The Bertz CT molecular complexity index is 513. The lowest BCUT2D eigenvalue weighted by molar-refractivity contribution is 0.568. The highest BCUT2D eigenvalue weighted by Gasteiger charge is 2.20. The number of benzene rings is 1. The summed E-state index contributed by atoms with van der Waals surface area (Å²) in [6.07, 6.45) is 0. The maximum Gasteiger partial charge on any atom is 0.137 e. The van der Waals surface area contributed by atoms with Gasteiger partial charge in [0.15, 0.2) is 0 Å². The molecule has 0 fully saturated rings. The van der Waals surface area contributed by atoms with Gasteiger partial charge >= 0.3 is 0 Å². The van der Waals surface area contributed by atoms with Crippen molar-refractivity contribution in [3.63, 3.8) is 0 Å². The maximum atomic E-state index is 4.73. The fourth-order valence-electron chi connectivity index (χ4n) is 2.04. The molecule has 0 atom stereocenters. The Morgan fingerprint density at radius 1 is 1.00 bits per heavy atom. The zero-order valence-electron chi connectivity index (χ0n) is 11.3. The zero-order valence-corrected chi connectivity index (χ0v) is 11.3. The van der Waals surface area contributed by atoms with Crippen LogP contribution in [0.1, 0.15) is 37.7 Å². The van der Waals surface area contributed by atoms with Gasteiger partial charge in [-0.25, -0.2) is 4.98 Å². The first-order chi connectivity index (χ1) is 7.88. The van der Waals surface area contributed by atoms with E-state index in [2.05, 4.69) is 63.9 Å². The molecule has 1 aromatic heterocycles. The number of hydrogen-bond acceptors (Lipinski definition) is 1. The van der Waals surface area contributed by atoms with Crippen LogP contribution in [0.3, 0.4) is 0 Å². The summed E-state index contributed by atoms with van der Waals surface area (Å²) < 4.78 is 0. The van der Waals surface area contributed by atoms with Crippen molar-refractivity contribution < 1.29 is 0 Å². The third-order valence-corrected chi connectivity index (χ3v) is 2.92. The Morgan fingerprint density at radius 2 is 1.59 bits per heavy atom. The molecule has 0 saturated heterocycles. The first-order valence-corrected chi connectivity index (χ1v) is 6.02. The summed E-state index contributed by atoms with van der Waals surface area (Å²) in [5.41, 5.74) is 4.81. The van der Waals surface area contributed by atoms with Crippen LogP contribution in [0.5, 0.6) is 0 Å². The number of H-pyrrole nitrogens is 1. The van der Waals surface area contributed by atoms with Gasteiger partial charge in [-0.15, -0.1) is 0 Å². The number of aryl methyl sites for hydroxylation is 2. The highest BCUT2D eigenvalue weighted by molar-refractivity contribution is 5.56. The van der Waals surface area contributed by atoms with E-state index in [1.807, 2.05) is 0 Å². The first-order valence-electron chi connectivity index (χ1n) is 6.02. The van der Waals surface area contributed by atoms with E-state index < -0.39 is 0 Å². The van der Waals surface area contributed by atoms with Crippen LogP contribution in [0.2, 0.25) is 0 Å². The molecule has 0 aliphatic rings. The van der Waals surface area contributed by atoms with Crippen molar-refractivity contribution in [3.05, 3.63) is 41.2 Å². The van der Waals surface area contributed by atoms with E-state index in [0.717, 1.165) is 22.8 Å². The molecule has 2 rings (SSSR count). The van der Waals surface area contributed by atoms with Crippen LogP contribution in [-0.4, -0.2) is 9.97 Å². The van der Waals surface area contributed by atoms with E-state index >= 15 is 0 Å².